The number of ketones is 1. The fraction of sp³-hybridized carbons (Fsp3) is 0.688. The van der Waals surface area contributed by atoms with E-state index in [2.05, 4.69) is 34.0 Å². The van der Waals surface area contributed by atoms with Gasteiger partial charge in [0, 0.05) is 24.7 Å². The van der Waals surface area contributed by atoms with Crippen LogP contribution in [0.15, 0.2) is 12.1 Å². The summed E-state index contributed by atoms with van der Waals surface area (Å²) in [5.41, 5.74) is 2.48. The zero-order valence-corrected chi connectivity index (χ0v) is 12.2. The van der Waals surface area contributed by atoms with Gasteiger partial charge < -0.3 is 9.88 Å². The van der Waals surface area contributed by atoms with Gasteiger partial charge in [0.05, 0.1) is 11.2 Å². The number of aromatic nitrogens is 1. The number of piperidine rings is 1. The molecule has 0 bridgehead atoms. The minimum absolute atomic E-state index is 0.144. The maximum absolute atomic E-state index is 12.4. The van der Waals surface area contributed by atoms with Crippen molar-refractivity contribution in [3.05, 3.63) is 23.5 Å². The van der Waals surface area contributed by atoms with E-state index in [1.807, 2.05) is 0 Å². The smallest absolute Gasteiger partial charge is 0.182 e. The third kappa shape index (κ3) is 1.71. The first-order valence-corrected chi connectivity index (χ1v) is 7.88. The van der Waals surface area contributed by atoms with E-state index < -0.39 is 0 Å². The summed E-state index contributed by atoms with van der Waals surface area (Å²) in [6, 6.07) is 4.30. The lowest BCUT2D eigenvalue weighted by atomic mass is 9.82. The van der Waals surface area contributed by atoms with Gasteiger partial charge in [0.15, 0.2) is 5.78 Å². The van der Waals surface area contributed by atoms with Crippen LogP contribution < -0.4 is 5.32 Å². The van der Waals surface area contributed by atoms with E-state index in [1.165, 1.54) is 5.69 Å². The van der Waals surface area contributed by atoms with E-state index >= 15 is 0 Å². The third-order valence-corrected chi connectivity index (χ3v) is 5.48. The van der Waals surface area contributed by atoms with E-state index in [0.29, 0.717) is 11.7 Å². The minimum Gasteiger partial charge on any atom is -0.339 e. The second kappa shape index (κ2) is 4.43. The number of hydrogen-bond donors (Lipinski definition) is 1. The summed E-state index contributed by atoms with van der Waals surface area (Å²) in [7, 11) is 2.24. The molecule has 4 rings (SSSR count). The van der Waals surface area contributed by atoms with Gasteiger partial charge in [0.25, 0.3) is 0 Å². The Morgan fingerprint density at radius 3 is 2.70 bits per heavy atom. The molecule has 1 spiro atoms. The molecule has 3 aliphatic rings. The van der Waals surface area contributed by atoms with Gasteiger partial charge in [-0.15, -0.1) is 0 Å². The van der Waals surface area contributed by atoms with Crippen molar-refractivity contribution in [3.63, 3.8) is 0 Å². The number of nitrogens with one attached hydrogen (secondary N) is 1. The molecule has 0 amide bonds. The number of hydrogen-bond acceptors (Lipinski definition) is 3. The van der Waals surface area contributed by atoms with Crippen LogP contribution in [-0.4, -0.2) is 41.9 Å². The predicted octanol–water partition coefficient (Wildman–Crippen LogP) is 1.60. The van der Waals surface area contributed by atoms with Crippen molar-refractivity contribution in [2.75, 3.05) is 26.7 Å². The molecule has 1 aromatic heterocycles. The molecule has 0 unspecified atom stereocenters. The average molecular weight is 273 g/mol. The van der Waals surface area contributed by atoms with Crippen LogP contribution in [0.5, 0.6) is 0 Å². The first kappa shape index (κ1) is 12.6. The van der Waals surface area contributed by atoms with Crippen molar-refractivity contribution in [2.45, 2.75) is 37.8 Å². The van der Waals surface area contributed by atoms with Gasteiger partial charge >= 0.3 is 0 Å². The normalized spacial score (nSPS) is 25.6. The van der Waals surface area contributed by atoms with Gasteiger partial charge in [-0.2, -0.15) is 0 Å². The van der Waals surface area contributed by atoms with E-state index in [1.54, 1.807) is 0 Å². The van der Waals surface area contributed by atoms with Crippen LogP contribution in [0.4, 0.5) is 0 Å². The largest absolute Gasteiger partial charge is 0.339 e. The van der Waals surface area contributed by atoms with Gasteiger partial charge in [-0.05, 0) is 58.0 Å². The van der Waals surface area contributed by atoms with E-state index in [0.717, 1.165) is 57.6 Å². The van der Waals surface area contributed by atoms with Gasteiger partial charge in [-0.25, -0.2) is 0 Å². The summed E-state index contributed by atoms with van der Waals surface area (Å²) in [6.07, 6.45) is 4.47. The van der Waals surface area contributed by atoms with Gasteiger partial charge in [-0.1, -0.05) is 0 Å². The summed E-state index contributed by atoms with van der Waals surface area (Å²) >= 11 is 0. The molecule has 108 valence electrons. The summed E-state index contributed by atoms with van der Waals surface area (Å²) in [6.45, 7) is 4.15. The predicted molar refractivity (Wildman–Crippen MR) is 77.9 cm³/mol. The van der Waals surface area contributed by atoms with Crippen molar-refractivity contribution in [3.8, 4) is 0 Å². The van der Waals surface area contributed by atoms with Crippen molar-refractivity contribution in [1.82, 2.24) is 14.8 Å². The highest BCUT2D eigenvalue weighted by atomic mass is 16.1. The first-order chi connectivity index (χ1) is 9.72. The molecule has 0 atom stereocenters. The second-order valence-electron chi connectivity index (χ2n) is 6.60. The van der Waals surface area contributed by atoms with Crippen LogP contribution >= 0.6 is 0 Å². The zero-order chi connectivity index (χ0) is 13.7. The molecule has 4 heteroatoms. The number of fused-ring (bicyclic) bond motifs is 2. The molecule has 20 heavy (non-hydrogen) atoms. The van der Waals surface area contributed by atoms with Crippen LogP contribution in [-0.2, 0) is 12.1 Å². The molecular formula is C16H23N3O. The highest BCUT2D eigenvalue weighted by Gasteiger charge is 2.44. The van der Waals surface area contributed by atoms with Crippen molar-refractivity contribution >= 4 is 5.78 Å². The quantitative estimate of drug-likeness (QED) is 0.832. The molecule has 0 radical (unpaired) electrons. The molecule has 4 nitrogen and oxygen atoms in total. The molecule has 1 aromatic rings. The van der Waals surface area contributed by atoms with Crippen LogP contribution in [0.2, 0.25) is 0 Å². The standard InChI is InChI=1S/C16H23N3O/c1-18-10-11-19-13(15(20)12-2-3-12)4-5-14(19)16(18)6-8-17-9-7-16/h4-5,12,17H,2-3,6-11H2,1H3. The van der Waals surface area contributed by atoms with Crippen molar-refractivity contribution in [1.29, 1.82) is 0 Å². The summed E-state index contributed by atoms with van der Waals surface area (Å²) < 4.78 is 2.33. The minimum atomic E-state index is 0.144. The lowest BCUT2D eigenvalue weighted by Crippen LogP contribution is -2.55. The fourth-order valence-electron chi connectivity index (χ4n) is 4.02. The SMILES string of the molecule is CN1CCn2c(C(=O)C3CC3)ccc2C12CCNCC2. The van der Waals surface area contributed by atoms with Crippen LogP contribution in [0.25, 0.3) is 0 Å². The van der Waals surface area contributed by atoms with E-state index in [-0.39, 0.29) is 5.54 Å². The Hall–Kier alpha value is -1.13. The maximum atomic E-state index is 12.4. The fourth-order valence-corrected chi connectivity index (χ4v) is 4.02. The van der Waals surface area contributed by atoms with Crippen LogP contribution in [0, 0.1) is 5.92 Å². The number of carbonyl (C=O) groups is 1. The molecule has 1 N–H and O–H groups in total. The van der Waals surface area contributed by atoms with Gasteiger partial charge in [0.2, 0.25) is 0 Å². The van der Waals surface area contributed by atoms with Crippen molar-refractivity contribution in [2.24, 2.45) is 5.92 Å². The molecule has 3 heterocycles. The topological polar surface area (TPSA) is 37.3 Å². The summed E-state index contributed by atoms with van der Waals surface area (Å²) in [5.74, 6) is 0.697. The van der Waals surface area contributed by atoms with E-state index in [9.17, 15) is 4.79 Å². The molecule has 2 aliphatic heterocycles. The first-order valence-electron chi connectivity index (χ1n) is 7.88. The number of likely N-dealkylation sites (N-methyl/N-ethyl adjacent to an activating group) is 1. The summed E-state index contributed by atoms with van der Waals surface area (Å²) in [4.78, 5) is 15.0. The van der Waals surface area contributed by atoms with Gasteiger partial charge in [-0.3, -0.25) is 9.69 Å². The summed E-state index contributed by atoms with van der Waals surface area (Å²) in [5, 5.41) is 3.46. The maximum Gasteiger partial charge on any atom is 0.182 e. The zero-order valence-electron chi connectivity index (χ0n) is 12.2. The average Bonchev–Trinajstić information content (AvgIpc) is 3.23. The highest BCUT2D eigenvalue weighted by molar-refractivity contribution is 5.98. The molecular weight excluding hydrogens is 250 g/mol. The van der Waals surface area contributed by atoms with Gasteiger partial charge in [0.1, 0.15) is 0 Å². The Morgan fingerprint density at radius 1 is 1.25 bits per heavy atom. The Bertz CT molecular complexity index is 538. The Morgan fingerprint density at radius 2 is 2.00 bits per heavy atom. The monoisotopic (exact) mass is 273 g/mol. The number of Topliss-reactive ketones (excluding diaryl/α,β-unsaturated/α-hetero) is 1. The van der Waals surface area contributed by atoms with Crippen LogP contribution in [0.3, 0.4) is 0 Å². The molecule has 1 saturated carbocycles. The molecule has 0 aromatic carbocycles. The Balaban J connectivity index is 1.76. The number of nitrogens with zero attached hydrogens (tertiary/aromatic N) is 2. The molecule has 1 aliphatic carbocycles. The number of rotatable bonds is 2. The Labute approximate surface area is 120 Å². The Kier molecular flexibility index (Phi) is 2.79. The lowest BCUT2D eigenvalue weighted by Gasteiger charge is -2.48. The number of carbonyl (C=O) groups excluding carboxylic acids is 1. The van der Waals surface area contributed by atoms with E-state index in [4.69, 9.17) is 0 Å². The lowest BCUT2D eigenvalue weighted by molar-refractivity contribution is 0.0472. The van der Waals surface area contributed by atoms with Crippen LogP contribution in [0.1, 0.15) is 41.9 Å². The molecule has 2 fully saturated rings. The van der Waals surface area contributed by atoms with Crippen molar-refractivity contribution < 1.29 is 4.79 Å². The second-order valence-corrected chi connectivity index (χ2v) is 6.60. The molecule has 1 saturated heterocycles. The highest BCUT2D eigenvalue weighted by Crippen LogP contribution is 2.41. The third-order valence-electron chi connectivity index (χ3n) is 5.48.